The van der Waals surface area contributed by atoms with E-state index in [4.69, 9.17) is 10.8 Å². The quantitative estimate of drug-likeness (QED) is 0.213. The standard InChI is InChI=1S/C13H16N6O7S/c14-7-6-19(12(7)23)13(24)18-27(25,26)3-1-2-16-17-11(22)8-4-9(20)10(21)5-15-8/h1-2,4-5,7,16,21H,3,6,14H2,(H,15,20)(H,17,22)(H,18,24)/t7-/m0/s1. The Morgan fingerprint density at radius 3 is 2.70 bits per heavy atom. The second-order valence-corrected chi connectivity index (χ2v) is 7.11. The number of aromatic hydroxyl groups is 1. The summed E-state index contributed by atoms with van der Waals surface area (Å²) < 4.78 is 25.2. The lowest BCUT2D eigenvalue weighted by Gasteiger charge is -2.33. The number of aromatic nitrogens is 1. The number of nitrogens with two attached hydrogens (primary N) is 1. The summed E-state index contributed by atoms with van der Waals surface area (Å²) in [6.07, 6.45) is 3.10. The molecule has 13 nitrogen and oxygen atoms in total. The van der Waals surface area contributed by atoms with Crippen molar-refractivity contribution in [2.24, 2.45) is 5.73 Å². The van der Waals surface area contributed by atoms with Crippen molar-refractivity contribution < 1.29 is 27.9 Å². The third-order valence-electron chi connectivity index (χ3n) is 3.29. The van der Waals surface area contributed by atoms with Gasteiger partial charge >= 0.3 is 6.03 Å². The Kier molecular flexibility index (Phi) is 5.81. The van der Waals surface area contributed by atoms with E-state index >= 15 is 0 Å². The Bertz CT molecular complexity index is 954. The van der Waals surface area contributed by atoms with Gasteiger partial charge in [0.05, 0.1) is 12.3 Å². The average molecular weight is 400 g/mol. The Morgan fingerprint density at radius 2 is 2.11 bits per heavy atom. The molecule has 0 saturated carbocycles. The van der Waals surface area contributed by atoms with Crippen molar-refractivity contribution in [3.63, 3.8) is 0 Å². The number of carbonyl (C=O) groups is 3. The number of urea groups is 1. The maximum Gasteiger partial charge on any atom is 0.337 e. The molecule has 1 fully saturated rings. The molecule has 1 aromatic rings. The summed E-state index contributed by atoms with van der Waals surface area (Å²) in [5.41, 5.74) is 8.83. The summed E-state index contributed by atoms with van der Waals surface area (Å²) in [5, 5.41) is 9.07. The lowest BCUT2D eigenvalue weighted by Crippen LogP contribution is -2.65. The highest BCUT2D eigenvalue weighted by molar-refractivity contribution is 7.90. The summed E-state index contributed by atoms with van der Waals surface area (Å²) >= 11 is 0. The van der Waals surface area contributed by atoms with Crippen molar-refractivity contribution >= 4 is 27.9 Å². The van der Waals surface area contributed by atoms with Crippen LogP contribution in [-0.4, -0.2) is 59.6 Å². The van der Waals surface area contributed by atoms with Crippen molar-refractivity contribution in [2.75, 3.05) is 12.3 Å². The van der Waals surface area contributed by atoms with Gasteiger partial charge in [-0.3, -0.25) is 24.7 Å². The predicted octanol–water partition coefficient (Wildman–Crippen LogP) is -2.96. The SMILES string of the molecule is N[C@H]1CN(C(=O)NS(=O)(=O)CC=CNNC(=O)c2cc(=O)c(O)c[nH]2)C1=O. The van der Waals surface area contributed by atoms with E-state index in [1.54, 1.807) is 4.72 Å². The molecule has 1 aliphatic heterocycles. The predicted molar refractivity (Wildman–Crippen MR) is 90.5 cm³/mol. The number of carbonyl (C=O) groups excluding carboxylic acids is 3. The molecule has 0 radical (unpaired) electrons. The number of imide groups is 1. The van der Waals surface area contributed by atoms with Gasteiger partial charge in [-0.2, -0.15) is 0 Å². The normalized spacial score (nSPS) is 16.7. The summed E-state index contributed by atoms with van der Waals surface area (Å²) in [4.78, 5) is 48.8. The average Bonchev–Trinajstić information content (AvgIpc) is 2.60. The molecule has 1 aliphatic rings. The molecule has 1 saturated heterocycles. The van der Waals surface area contributed by atoms with Gasteiger partial charge in [0.2, 0.25) is 21.4 Å². The molecule has 2 heterocycles. The topological polar surface area (TPSA) is 204 Å². The molecule has 0 aliphatic carbocycles. The van der Waals surface area contributed by atoms with Gasteiger partial charge in [0.1, 0.15) is 11.7 Å². The number of hydrazine groups is 1. The van der Waals surface area contributed by atoms with Gasteiger partial charge in [-0.05, 0) is 0 Å². The van der Waals surface area contributed by atoms with Crippen LogP contribution in [0.5, 0.6) is 5.75 Å². The second-order valence-electron chi connectivity index (χ2n) is 5.34. The second kappa shape index (κ2) is 7.88. The molecule has 0 spiro atoms. The lowest BCUT2D eigenvalue weighted by atomic mass is 10.1. The number of hydrogen-bond acceptors (Lipinski definition) is 9. The van der Waals surface area contributed by atoms with Crippen LogP contribution in [0.1, 0.15) is 10.5 Å². The van der Waals surface area contributed by atoms with Gasteiger partial charge in [0.15, 0.2) is 5.75 Å². The van der Waals surface area contributed by atoms with Gasteiger partial charge < -0.3 is 21.2 Å². The number of β-lactam (4-membered cyclic amide) rings is 1. The first-order chi connectivity index (χ1) is 12.6. The molecule has 0 bridgehead atoms. The highest BCUT2D eigenvalue weighted by Crippen LogP contribution is 2.08. The van der Waals surface area contributed by atoms with Crippen molar-refractivity contribution in [1.82, 2.24) is 25.5 Å². The number of nitrogens with one attached hydrogen (secondary N) is 4. The van der Waals surface area contributed by atoms with E-state index in [1.807, 2.05) is 0 Å². The first-order valence-corrected chi connectivity index (χ1v) is 9.00. The van der Waals surface area contributed by atoms with E-state index in [-0.39, 0.29) is 12.2 Å². The number of amides is 4. The van der Waals surface area contributed by atoms with Crippen LogP contribution in [0.15, 0.2) is 29.3 Å². The molecule has 4 amide bonds. The van der Waals surface area contributed by atoms with Gasteiger partial charge in [-0.15, -0.1) is 0 Å². The minimum atomic E-state index is -4.06. The van der Waals surface area contributed by atoms with E-state index in [2.05, 4.69) is 15.8 Å². The number of hydrogen-bond donors (Lipinski definition) is 6. The number of sulfonamides is 1. The van der Waals surface area contributed by atoms with Crippen LogP contribution in [0.2, 0.25) is 0 Å². The molecule has 0 aromatic carbocycles. The van der Waals surface area contributed by atoms with Crippen molar-refractivity contribution in [3.8, 4) is 5.75 Å². The third kappa shape index (κ3) is 5.05. The molecular weight excluding hydrogens is 384 g/mol. The minimum absolute atomic E-state index is 0.0665. The van der Waals surface area contributed by atoms with E-state index in [0.29, 0.717) is 4.90 Å². The van der Waals surface area contributed by atoms with Crippen LogP contribution in [0.3, 0.4) is 0 Å². The molecule has 27 heavy (non-hydrogen) atoms. The summed E-state index contributed by atoms with van der Waals surface area (Å²) in [6.45, 7) is -0.0665. The molecule has 1 atom stereocenters. The summed E-state index contributed by atoms with van der Waals surface area (Å²) in [5.74, 6) is -2.59. The van der Waals surface area contributed by atoms with Gasteiger partial charge in [0, 0.05) is 18.5 Å². The Balaban J connectivity index is 1.78. The van der Waals surface area contributed by atoms with Crippen LogP contribution in [0, 0.1) is 0 Å². The van der Waals surface area contributed by atoms with Gasteiger partial charge in [0.25, 0.3) is 5.91 Å². The van der Waals surface area contributed by atoms with Crippen LogP contribution in [-0.2, 0) is 14.8 Å². The van der Waals surface area contributed by atoms with E-state index in [9.17, 15) is 27.6 Å². The van der Waals surface area contributed by atoms with Crippen molar-refractivity contribution in [2.45, 2.75) is 6.04 Å². The zero-order valence-corrected chi connectivity index (χ0v) is 14.4. The number of nitrogens with zero attached hydrogens (tertiary/aromatic N) is 1. The monoisotopic (exact) mass is 400 g/mol. The minimum Gasteiger partial charge on any atom is -0.503 e. The molecule has 1 aromatic heterocycles. The molecule has 2 rings (SSSR count). The fraction of sp³-hybridized carbons (Fsp3) is 0.231. The maximum atomic E-state index is 11.7. The zero-order valence-electron chi connectivity index (χ0n) is 13.6. The summed E-state index contributed by atoms with van der Waals surface area (Å²) in [7, 11) is -4.06. The molecule has 7 N–H and O–H groups in total. The van der Waals surface area contributed by atoms with Crippen LogP contribution in [0.25, 0.3) is 0 Å². The van der Waals surface area contributed by atoms with Crippen molar-refractivity contribution in [1.29, 1.82) is 0 Å². The molecular formula is C13H16N6O7S. The fourth-order valence-electron chi connectivity index (χ4n) is 1.87. The molecule has 14 heteroatoms. The maximum absolute atomic E-state index is 11.7. The van der Waals surface area contributed by atoms with Crippen LogP contribution in [0.4, 0.5) is 4.79 Å². The highest BCUT2D eigenvalue weighted by Gasteiger charge is 2.39. The zero-order chi connectivity index (χ0) is 20.2. The number of aromatic amines is 1. The fourth-order valence-corrected chi connectivity index (χ4v) is 2.68. The first-order valence-electron chi connectivity index (χ1n) is 7.34. The first kappa shape index (κ1) is 19.9. The lowest BCUT2D eigenvalue weighted by molar-refractivity contribution is -0.137. The molecule has 0 unspecified atom stereocenters. The van der Waals surface area contributed by atoms with Gasteiger partial charge in [-0.25, -0.2) is 17.9 Å². The number of pyridine rings is 1. The largest absolute Gasteiger partial charge is 0.503 e. The van der Waals surface area contributed by atoms with Crippen molar-refractivity contribution in [3.05, 3.63) is 40.5 Å². The van der Waals surface area contributed by atoms with Crippen LogP contribution < -0.4 is 26.7 Å². The Hall–Kier alpha value is -3.39. The highest BCUT2D eigenvalue weighted by atomic mass is 32.2. The smallest absolute Gasteiger partial charge is 0.337 e. The third-order valence-corrected chi connectivity index (χ3v) is 4.41. The number of rotatable bonds is 6. The van der Waals surface area contributed by atoms with Gasteiger partial charge in [-0.1, -0.05) is 6.08 Å². The van der Waals surface area contributed by atoms with Crippen LogP contribution >= 0.6 is 0 Å². The summed E-state index contributed by atoms with van der Waals surface area (Å²) in [6, 6.07) is -1.03. The van der Waals surface area contributed by atoms with E-state index in [1.165, 1.54) is 0 Å². The Labute approximate surface area is 152 Å². The van der Waals surface area contributed by atoms with E-state index in [0.717, 1.165) is 24.5 Å². The Morgan fingerprint density at radius 1 is 1.41 bits per heavy atom. The number of likely N-dealkylation sites (tertiary alicyclic amines) is 1. The van der Waals surface area contributed by atoms with E-state index < -0.39 is 50.8 Å². The number of H-pyrrole nitrogens is 1. The molecule has 146 valence electrons.